The van der Waals surface area contributed by atoms with Crippen LogP contribution in [0.1, 0.15) is 32.6 Å². The number of halogens is 1. The predicted octanol–water partition coefficient (Wildman–Crippen LogP) is 3.54. The molecule has 0 saturated carbocycles. The highest BCUT2D eigenvalue weighted by Crippen LogP contribution is 2.46. The van der Waals surface area contributed by atoms with E-state index in [1.165, 1.54) is 0 Å². The van der Waals surface area contributed by atoms with Crippen LogP contribution in [0.5, 0.6) is 0 Å². The number of carbonyl (C=O) groups excluding carboxylic acids is 2. The van der Waals surface area contributed by atoms with E-state index in [2.05, 4.69) is 0 Å². The van der Waals surface area contributed by atoms with Gasteiger partial charge in [0.05, 0.1) is 10.6 Å². The van der Waals surface area contributed by atoms with Gasteiger partial charge in [-0.3, -0.25) is 14.5 Å². The van der Waals surface area contributed by atoms with Crippen molar-refractivity contribution in [2.24, 2.45) is 0 Å². The van der Waals surface area contributed by atoms with Crippen molar-refractivity contribution in [2.45, 2.75) is 37.5 Å². The van der Waals surface area contributed by atoms with E-state index in [9.17, 15) is 9.59 Å². The molecule has 1 aromatic carbocycles. The van der Waals surface area contributed by atoms with Crippen LogP contribution in [0.4, 0.5) is 5.69 Å². The summed E-state index contributed by atoms with van der Waals surface area (Å²) in [5.74, 6) is 0.881. The van der Waals surface area contributed by atoms with Crippen LogP contribution in [0.2, 0.25) is 5.02 Å². The average molecular weight is 353 g/mol. The van der Waals surface area contributed by atoms with Crippen LogP contribution in [-0.2, 0) is 9.59 Å². The second-order valence-electron chi connectivity index (χ2n) is 6.07. The molecule has 2 saturated heterocycles. The number of hydrogen-bond acceptors (Lipinski definition) is 3. The number of hydrogen-bond donors (Lipinski definition) is 0. The molecule has 0 unspecified atom stereocenters. The fourth-order valence-corrected chi connectivity index (χ4v) is 4.82. The molecule has 4 nitrogen and oxygen atoms in total. The Morgan fingerprint density at radius 1 is 1.26 bits per heavy atom. The van der Waals surface area contributed by atoms with E-state index < -0.39 is 0 Å². The number of nitrogens with zero attached hydrogens (tertiary/aromatic N) is 2. The fraction of sp³-hybridized carbons (Fsp3) is 0.529. The monoisotopic (exact) mass is 352 g/mol. The van der Waals surface area contributed by atoms with E-state index in [1.54, 1.807) is 11.8 Å². The highest BCUT2D eigenvalue weighted by molar-refractivity contribution is 8.02. The Morgan fingerprint density at radius 2 is 1.91 bits per heavy atom. The minimum Gasteiger partial charge on any atom is -0.342 e. The van der Waals surface area contributed by atoms with E-state index in [4.69, 9.17) is 11.6 Å². The van der Waals surface area contributed by atoms with Crippen LogP contribution in [0.25, 0.3) is 0 Å². The van der Waals surface area contributed by atoms with E-state index >= 15 is 0 Å². The van der Waals surface area contributed by atoms with Gasteiger partial charge >= 0.3 is 0 Å². The van der Waals surface area contributed by atoms with Crippen molar-refractivity contribution < 1.29 is 9.59 Å². The largest absolute Gasteiger partial charge is 0.342 e. The average Bonchev–Trinajstić information content (AvgIpc) is 2.86. The summed E-state index contributed by atoms with van der Waals surface area (Å²) in [5, 5.41) is 0.669. The quantitative estimate of drug-likeness (QED) is 0.835. The zero-order chi connectivity index (χ0) is 16.4. The molecule has 0 atom stereocenters. The Balaban J connectivity index is 1.77. The van der Waals surface area contributed by atoms with Crippen LogP contribution in [0.15, 0.2) is 24.3 Å². The number of carbonyl (C=O) groups is 2. The molecule has 2 fully saturated rings. The zero-order valence-corrected chi connectivity index (χ0v) is 14.8. The third-order valence-electron chi connectivity index (χ3n) is 4.57. The lowest BCUT2D eigenvalue weighted by atomic mass is 10.0. The summed E-state index contributed by atoms with van der Waals surface area (Å²) in [6.45, 7) is 3.48. The van der Waals surface area contributed by atoms with Crippen LogP contribution in [-0.4, -0.2) is 40.4 Å². The normalized spacial score (nSPS) is 20.3. The Morgan fingerprint density at radius 3 is 2.52 bits per heavy atom. The maximum atomic E-state index is 12.4. The summed E-state index contributed by atoms with van der Waals surface area (Å²) in [6, 6.07) is 7.45. The van der Waals surface area contributed by atoms with Gasteiger partial charge in [-0.05, 0) is 43.5 Å². The molecule has 0 N–H and O–H groups in total. The molecule has 6 heteroatoms. The Kier molecular flexibility index (Phi) is 4.87. The molecule has 0 bridgehead atoms. The first-order valence-electron chi connectivity index (χ1n) is 8.06. The first kappa shape index (κ1) is 16.7. The molecule has 2 heterocycles. The Hall–Kier alpha value is -1.20. The predicted molar refractivity (Wildman–Crippen MR) is 94.8 cm³/mol. The Labute approximate surface area is 146 Å². The lowest BCUT2D eigenvalue weighted by Crippen LogP contribution is -2.53. The van der Waals surface area contributed by atoms with E-state index in [0.29, 0.717) is 17.2 Å². The van der Waals surface area contributed by atoms with E-state index in [-0.39, 0.29) is 16.7 Å². The van der Waals surface area contributed by atoms with Crippen LogP contribution < -0.4 is 4.90 Å². The number of likely N-dealkylation sites (tertiary alicyclic amines) is 1. The number of thioether (sulfide) groups is 1. The minimum absolute atomic E-state index is 0.144. The van der Waals surface area contributed by atoms with Crippen molar-refractivity contribution in [2.75, 3.05) is 23.7 Å². The van der Waals surface area contributed by atoms with Gasteiger partial charge in [0, 0.05) is 30.2 Å². The third kappa shape index (κ3) is 3.22. The maximum absolute atomic E-state index is 12.4. The fourth-order valence-electron chi connectivity index (χ4n) is 3.37. The van der Waals surface area contributed by atoms with Crippen LogP contribution >= 0.6 is 23.4 Å². The number of piperidine rings is 1. The molecule has 3 rings (SSSR count). The number of rotatable bonds is 3. The molecule has 2 amide bonds. The van der Waals surface area contributed by atoms with Gasteiger partial charge in [0.1, 0.15) is 0 Å². The topological polar surface area (TPSA) is 40.6 Å². The van der Waals surface area contributed by atoms with Crippen molar-refractivity contribution in [1.29, 1.82) is 0 Å². The lowest BCUT2D eigenvalue weighted by Gasteiger charge is -2.44. The van der Waals surface area contributed by atoms with Crippen LogP contribution in [0.3, 0.4) is 0 Å². The molecule has 1 aromatic rings. The third-order valence-corrected chi connectivity index (χ3v) is 6.34. The van der Waals surface area contributed by atoms with Gasteiger partial charge in [-0.15, -0.1) is 11.8 Å². The molecule has 23 heavy (non-hydrogen) atoms. The maximum Gasteiger partial charge on any atom is 0.238 e. The van der Waals surface area contributed by atoms with Crippen molar-refractivity contribution in [3.8, 4) is 0 Å². The molecule has 0 aromatic heterocycles. The van der Waals surface area contributed by atoms with Crippen molar-refractivity contribution in [3.63, 3.8) is 0 Å². The highest BCUT2D eigenvalue weighted by Gasteiger charge is 2.48. The summed E-state index contributed by atoms with van der Waals surface area (Å²) >= 11 is 7.68. The Bertz CT molecular complexity index is 597. The first-order chi connectivity index (χ1) is 11.1. The molecular formula is C17H21ClN2O2S. The SMILES string of the molecule is CCCC(=O)N1CCC2(CC1)SCC(=O)N2c1ccc(Cl)cc1. The standard InChI is InChI=1S/C17H21ClN2O2S/c1-2-3-15(21)19-10-8-17(9-11-19)20(16(22)12-23-17)14-6-4-13(18)5-7-14/h4-7H,2-3,8-12H2,1H3. The van der Waals surface area contributed by atoms with Gasteiger partial charge in [-0.1, -0.05) is 18.5 Å². The summed E-state index contributed by atoms with van der Waals surface area (Å²) in [7, 11) is 0. The van der Waals surface area contributed by atoms with Gasteiger partial charge in [-0.2, -0.15) is 0 Å². The molecule has 2 aliphatic rings. The zero-order valence-electron chi connectivity index (χ0n) is 13.3. The summed E-state index contributed by atoms with van der Waals surface area (Å²) in [6.07, 6.45) is 3.13. The second kappa shape index (κ2) is 6.73. The number of amides is 2. The summed E-state index contributed by atoms with van der Waals surface area (Å²) in [4.78, 5) is 28.2. The van der Waals surface area contributed by atoms with Gasteiger partial charge in [0.2, 0.25) is 11.8 Å². The highest BCUT2D eigenvalue weighted by atomic mass is 35.5. The summed E-state index contributed by atoms with van der Waals surface area (Å²) < 4.78 is 0. The lowest BCUT2D eigenvalue weighted by molar-refractivity contribution is -0.132. The van der Waals surface area contributed by atoms with Crippen molar-refractivity contribution in [3.05, 3.63) is 29.3 Å². The molecule has 0 aliphatic carbocycles. The van der Waals surface area contributed by atoms with Gasteiger partial charge in [0.15, 0.2) is 0 Å². The minimum atomic E-state index is -0.214. The van der Waals surface area contributed by atoms with Crippen LogP contribution in [0, 0.1) is 0 Å². The molecule has 0 radical (unpaired) electrons. The first-order valence-corrected chi connectivity index (χ1v) is 9.42. The van der Waals surface area contributed by atoms with Crippen molar-refractivity contribution in [1.82, 2.24) is 4.90 Å². The van der Waals surface area contributed by atoms with Gasteiger partial charge in [-0.25, -0.2) is 0 Å². The number of benzene rings is 1. The van der Waals surface area contributed by atoms with Gasteiger partial charge < -0.3 is 4.90 Å². The smallest absolute Gasteiger partial charge is 0.238 e. The molecule has 1 spiro atoms. The van der Waals surface area contributed by atoms with E-state index in [1.807, 2.05) is 41.0 Å². The molecule has 124 valence electrons. The number of anilines is 1. The van der Waals surface area contributed by atoms with Gasteiger partial charge in [0.25, 0.3) is 0 Å². The van der Waals surface area contributed by atoms with E-state index in [0.717, 1.165) is 38.0 Å². The summed E-state index contributed by atoms with van der Waals surface area (Å²) in [5.41, 5.74) is 0.901. The molecule has 2 aliphatic heterocycles. The second-order valence-corrected chi connectivity index (χ2v) is 7.84. The molecular weight excluding hydrogens is 332 g/mol. The van der Waals surface area contributed by atoms with Crippen molar-refractivity contribution >= 4 is 40.9 Å².